The van der Waals surface area contributed by atoms with Gasteiger partial charge in [-0.2, -0.15) is 0 Å². The molecular formula is C15H18N4O2. The Balaban J connectivity index is 2.16. The van der Waals surface area contributed by atoms with Crippen molar-refractivity contribution in [1.82, 2.24) is 9.97 Å². The van der Waals surface area contributed by atoms with Gasteiger partial charge in [-0.25, -0.2) is 9.78 Å². The zero-order chi connectivity index (χ0) is 15.2. The molecule has 0 unspecified atom stereocenters. The third-order valence-corrected chi connectivity index (χ3v) is 3.08. The van der Waals surface area contributed by atoms with Crippen molar-refractivity contribution in [2.75, 3.05) is 17.7 Å². The van der Waals surface area contributed by atoms with Crippen molar-refractivity contribution in [3.63, 3.8) is 0 Å². The molecule has 0 aliphatic rings. The predicted molar refractivity (Wildman–Crippen MR) is 80.9 cm³/mol. The highest BCUT2D eigenvalue weighted by Gasteiger charge is 2.14. The summed E-state index contributed by atoms with van der Waals surface area (Å²) in [5.41, 5.74) is 8.75. The van der Waals surface area contributed by atoms with Crippen molar-refractivity contribution >= 4 is 17.5 Å². The molecule has 0 bridgehead atoms. The van der Waals surface area contributed by atoms with Gasteiger partial charge in [-0.1, -0.05) is 0 Å². The molecule has 2 aromatic heterocycles. The van der Waals surface area contributed by atoms with Gasteiger partial charge in [0.2, 0.25) is 0 Å². The fourth-order valence-electron chi connectivity index (χ4n) is 1.86. The van der Waals surface area contributed by atoms with E-state index in [0.717, 1.165) is 11.1 Å². The van der Waals surface area contributed by atoms with Gasteiger partial charge >= 0.3 is 5.97 Å². The summed E-state index contributed by atoms with van der Waals surface area (Å²) < 4.78 is 4.96. The summed E-state index contributed by atoms with van der Waals surface area (Å²) in [6.07, 6.45) is 5.06. The zero-order valence-electron chi connectivity index (χ0n) is 12.1. The van der Waals surface area contributed by atoms with Gasteiger partial charge in [0.25, 0.3) is 0 Å². The number of nitrogens with one attached hydrogen (secondary N) is 1. The number of carbonyl (C=O) groups is 1. The van der Waals surface area contributed by atoms with Crippen LogP contribution < -0.4 is 11.1 Å². The van der Waals surface area contributed by atoms with Crippen LogP contribution in [0.4, 0.5) is 11.5 Å². The number of nitrogens with zero attached hydrogens (tertiary/aromatic N) is 2. The monoisotopic (exact) mass is 286 g/mol. The first-order chi connectivity index (χ1) is 10.1. The lowest BCUT2D eigenvalue weighted by atomic mass is 10.1. The molecule has 0 spiro atoms. The van der Waals surface area contributed by atoms with Gasteiger partial charge in [-0.05, 0) is 37.1 Å². The molecule has 0 aromatic carbocycles. The van der Waals surface area contributed by atoms with Crippen molar-refractivity contribution < 1.29 is 9.53 Å². The lowest BCUT2D eigenvalue weighted by Crippen LogP contribution is -2.12. The first-order valence-electron chi connectivity index (χ1n) is 6.68. The smallest absolute Gasteiger partial charge is 0.340 e. The summed E-state index contributed by atoms with van der Waals surface area (Å²) in [6, 6.07) is 3.48. The fourth-order valence-corrected chi connectivity index (χ4v) is 1.86. The third-order valence-electron chi connectivity index (χ3n) is 3.08. The van der Waals surface area contributed by atoms with Crippen molar-refractivity contribution in [3.8, 4) is 0 Å². The van der Waals surface area contributed by atoms with Crippen LogP contribution in [0.1, 0.15) is 28.4 Å². The maximum atomic E-state index is 11.8. The molecule has 3 N–H and O–H groups in total. The zero-order valence-corrected chi connectivity index (χ0v) is 12.1. The lowest BCUT2D eigenvalue weighted by Gasteiger charge is -2.12. The molecular weight excluding hydrogens is 268 g/mol. The number of ether oxygens (including phenoxy) is 1. The average Bonchev–Trinajstić information content (AvgIpc) is 2.48. The van der Waals surface area contributed by atoms with Crippen LogP contribution in [-0.4, -0.2) is 22.5 Å². The van der Waals surface area contributed by atoms with E-state index in [1.165, 1.54) is 6.20 Å². The van der Waals surface area contributed by atoms with E-state index < -0.39 is 5.97 Å². The van der Waals surface area contributed by atoms with Gasteiger partial charge in [-0.3, -0.25) is 4.98 Å². The molecule has 6 heteroatoms. The molecule has 2 heterocycles. The van der Waals surface area contributed by atoms with Crippen molar-refractivity contribution in [2.24, 2.45) is 0 Å². The van der Waals surface area contributed by atoms with E-state index in [1.807, 2.05) is 13.0 Å². The Hall–Kier alpha value is -2.63. The molecule has 110 valence electrons. The minimum Gasteiger partial charge on any atom is -0.462 e. The van der Waals surface area contributed by atoms with Crippen LogP contribution >= 0.6 is 0 Å². The van der Waals surface area contributed by atoms with Gasteiger partial charge in [-0.15, -0.1) is 0 Å². The molecule has 0 amide bonds. The van der Waals surface area contributed by atoms with E-state index in [9.17, 15) is 4.79 Å². The number of aryl methyl sites for hydroxylation is 1. The van der Waals surface area contributed by atoms with Crippen LogP contribution in [0.5, 0.6) is 0 Å². The van der Waals surface area contributed by atoms with Crippen LogP contribution in [-0.2, 0) is 11.3 Å². The van der Waals surface area contributed by atoms with Crippen molar-refractivity contribution in [3.05, 3.63) is 47.4 Å². The summed E-state index contributed by atoms with van der Waals surface area (Å²) in [4.78, 5) is 20.0. The van der Waals surface area contributed by atoms with Gasteiger partial charge in [0.1, 0.15) is 5.82 Å². The molecule has 0 fully saturated rings. The summed E-state index contributed by atoms with van der Waals surface area (Å²) >= 11 is 0. The van der Waals surface area contributed by atoms with Crippen molar-refractivity contribution in [2.45, 2.75) is 20.4 Å². The van der Waals surface area contributed by atoms with E-state index >= 15 is 0 Å². The highest BCUT2D eigenvalue weighted by Crippen LogP contribution is 2.21. The molecule has 6 nitrogen and oxygen atoms in total. The third kappa shape index (κ3) is 3.47. The van der Waals surface area contributed by atoms with Crippen LogP contribution in [0.2, 0.25) is 0 Å². The number of nitrogen functional groups attached to an aromatic ring is 1. The molecule has 0 atom stereocenters. The molecule has 0 saturated heterocycles. The number of esters is 1. The first kappa shape index (κ1) is 14.8. The number of hydrogen-bond donors (Lipinski definition) is 2. The second-order valence-corrected chi connectivity index (χ2v) is 4.50. The Morgan fingerprint density at radius 2 is 2.19 bits per heavy atom. The Kier molecular flexibility index (Phi) is 4.71. The highest BCUT2D eigenvalue weighted by molar-refractivity contribution is 5.97. The molecule has 0 aliphatic heterocycles. The largest absolute Gasteiger partial charge is 0.462 e. The van der Waals surface area contributed by atoms with Crippen LogP contribution in [0, 0.1) is 6.92 Å². The number of pyridine rings is 2. The van der Waals surface area contributed by atoms with E-state index in [2.05, 4.69) is 15.3 Å². The molecule has 0 aliphatic carbocycles. The molecule has 21 heavy (non-hydrogen) atoms. The number of rotatable bonds is 5. The lowest BCUT2D eigenvalue weighted by molar-refractivity contribution is 0.0527. The topological polar surface area (TPSA) is 90.1 Å². The van der Waals surface area contributed by atoms with Crippen LogP contribution in [0.15, 0.2) is 30.7 Å². The first-order valence-corrected chi connectivity index (χ1v) is 6.68. The number of nitrogens with two attached hydrogens (primary N) is 1. The normalized spacial score (nSPS) is 10.2. The highest BCUT2D eigenvalue weighted by atomic mass is 16.5. The molecule has 2 rings (SSSR count). The van der Waals surface area contributed by atoms with Crippen LogP contribution in [0.3, 0.4) is 0 Å². The van der Waals surface area contributed by atoms with Crippen molar-refractivity contribution in [1.29, 1.82) is 0 Å². The minimum atomic E-state index is -0.446. The number of hydrogen-bond acceptors (Lipinski definition) is 6. The Morgan fingerprint density at radius 1 is 1.38 bits per heavy atom. The summed E-state index contributed by atoms with van der Waals surface area (Å²) in [5.74, 6) is 0.0156. The quantitative estimate of drug-likeness (QED) is 0.819. The minimum absolute atomic E-state index is 0.289. The summed E-state index contributed by atoms with van der Waals surface area (Å²) in [5, 5.41) is 3.12. The number of aromatic nitrogens is 2. The molecule has 2 aromatic rings. The van der Waals surface area contributed by atoms with Gasteiger partial charge < -0.3 is 15.8 Å². The predicted octanol–water partition coefficient (Wildman–Crippen LogP) is 2.16. The summed E-state index contributed by atoms with van der Waals surface area (Å²) in [7, 11) is 0. The Bertz CT molecular complexity index is 643. The average molecular weight is 286 g/mol. The number of carbonyl (C=O) groups excluding carboxylic acids is 1. The summed E-state index contributed by atoms with van der Waals surface area (Å²) in [6.45, 7) is 4.59. The maximum absolute atomic E-state index is 11.8. The SMILES string of the molecule is CCOC(=O)c1ccnc(NCc2cnccc2C)c1N. The van der Waals surface area contributed by atoms with Gasteiger partial charge in [0.05, 0.1) is 17.9 Å². The fraction of sp³-hybridized carbons (Fsp3) is 0.267. The van der Waals surface area contributed by atoms with Gasteiger partial charge in [0, 0.05) is 25.1 Å². The number of anilines is 2. The van der Waals surface area contributed by atoms with Crippen LogP contribution in [0.25, 0.3) is 0 Å². The van der Waals surface area contributed by atoms with E-state index in [1.54, 1.807) is 25.4 Å². The maximum Gasteiger partial charge on any atom is 0.340 e. The van der Waals surface area contributed by atoms with E-state index in [4.69, 9.17) is 10.5 Å². The van der Waals surface area contributed by atoms with Gasteiger partial charge in [0.15, 0.2) is 0 Å². The Labute approximate surface area is 123 Å². The second-order valence-electron chi connectivity index (χ2n) is 4.50. The Morgan fingerprint density at radius 3 is 2.90 bits per heavy atom. The second kappa shape index (κ2) is 6.69. The molecule has 0 radical (unpaired) electrons. The standard InChI is InChI=1S/C15H18N4O2/c1-3-21-15(20)12-5-7-18-14(13(12)16)19-9-11-8-17-6-4-10(11)2/h4-8H,3,9,16H2,1-2H3,(H,18,19). The van der Waals surface area contributed by atoms with E-state index in [-0.39, 0.29) is 5.69 Å². The molecule has 0 saturated carbocycles. The van der Waals surface area contributed by atoms with E-state index in [0.29, 0.717) is 24.5 Å².